The maximum atomic E-state index is 12.7. The van der Waals surface area contributed by atoms with E-state index in [2.05, 4.69) is 4.98 Å². The Morgan fingerprint density at radius 2 is 2.40 bits per heavy atom. The van der Waals surface area contributed by atoms with Crippen LogP contribution in [0.2, 0.25) is 0 Å². The van der Waals surface area contributed by atoms with E-state index in [4.69, 9.17) is 13.9 Å². The van der Waals surface area contributed by atoms with Gasteiger partial charge in [-0.15, -0.1) is 0 Å². The SMILES string of the molecule is O=C(c1ccoc1)N1CC[C@@H]2OCCC[C@@]2(COc2cccnc2)C1. The van der Waals surface area contributed by atoms with Crippen LogP contribution in [0.3, 0.4) is 0 Å². The summed E-state index contributed by atoms with van der Waals surface area (Å²) in [5.41, 5.74) is 0.421. The second kappa shape index (κ2) is 6.88. The molecule has 6 nitrogen and oxygen atoms in total. The van der Waals surface area contributed by atoms with Crippen molar-refractivity contribution in [3.8, 4) is 5.75 Å². The van der Waals surface area contributed by atoms with Crippen molar-refractivity contribution in [2.24, 2.45) is 5.41 Å². The zero-order valence-corrected chi connectivity index (χ0v) is 14.1. The van der Waals surface area contributed by atoms with Gasteiger partial charge < -0.3 is 18.8 Å². The van der Waals surface area contributed by atoms with Crippen molar-refractivity contribution in [3.63, 3.8) is 0 Å². The molecule has 1 amide bonds. The van der Waals surface area contributed by atoms with Crippen molar-refractivity contribution in [2.45, 2.75) is 25.4 Å². The second-order valence-electron chi connectivity index (χ2n) is 6.83. The normalized spacial score (nSPS) is 26.1. The van der Waals surface area contributed by atoms with E-state index in [9.17, 15) is 4.79 Å². The quantitative estimate of drug-likeness (QED) is 0.855. The van der Waals surface area contributed by atoms with Crippen LogP contribution in [-0.4, -0.2) is 48.2 Å². The van der Waals surface area contributed by atoms with E-state index in [0.717, 1.165) is 31.6 Å². The van der Waals surface area contributed by atoms with Crippen LogP contribution in [-0.2, 0) is 4.74 Å². The first-order chi connectivity index (χ1) is 12.3. The number of pyridine rings is 1. The van der Waals surface area contributed by atoms with Crippen LogP contribution in [0.15, 0.2) is 47.5 Å². The molecule has 2 atom stereocenters. The lowest BCUT2D eigenvalue weighted by atomic mass is 9.73. The number of hydrogen-bond donors (Lipinski definition) is 0. The van der Waals surface area contributed by atoms with Crippen molar-refractivity contribution in [1.82, 2.24) is 9.88 Å². The van der Waals surface area contributed by atoms with Gasteiger partial charge in [0.05, 0.1) is 30.7 Å². The van der Waals surface area contributed by atoms with Crippen LogP contribution in [0.5, 0.6) is 5.75 Å². The van der Waals surface area contributed by atoms with E-state index in [1.165, 1.54) is 12.5 Å². The van der Waals surface area contributed by atoms with Gasteiger partial charge in [-0.2, -0.15) is 0 Å². The van der Waals surface area contributed by atoms with E-state index in [1.807, 2.05) is 17.0 Å². The van der Waals surface area contributed by atoms with Crippen LogP contribution < -0.4 is 4.74 Å². The molecule has 2 aliphatic heterocycles. The van der Waals surface area contributed by atoms with Crippen LogP contribution in [0.1, 0.15) is 29.6 Å². The summed E-state index contributed by atoms with van der Waals surface area (Å²) in [6.07, 6.45) is 9.42. The predicted molar refractivity (Wildman–Crippen MR) is 90.4 cm³/mol. The number of carbonyl (C=O) groups is 1. The maximum absolute atomic E-state index is 12.7. The van der Waals surface area contributed by atoms with Gasteiger partial charge in [-0.05, 0) is 37.5 Å². The van der Waals surface area contributed by atoms with Gasteiger partial charge in [-0.3, -0.25) is 9.78 Å². The van der Waals surface area contributed by atoms with Crippen LogP contribution in [0.4, 0.5) is 0 Å². The minimum Gasteiger partial charge on any atom is -0.491 e. The summed E-state index contributed by atoms with van der Waals surface area (Å²) in [4.78, 5) is 18.7. The number of carbonyl (C=O) groups excluding carboxylic acids is 1. The van der Waals surface area contributed by atoms with Gasteiger partial charge in [-0.1, -0.05) is 0 Å². The molecule has 0 N–H and O–H groups in total. The Morgan fingerprint density at radius 1 is 1.44 bits per heavy atom. The molecule has 4 rings (SSSR count). The van der Waals surface area contributed by atoms with Gasteiger partial charge >= 0.3 is 0 Å². The summed E-state index contributed by atoms with van der Waals surface area (Å²) in [6.45, 7) is 2.65. The first-order valence-electron chi connectivity index (χ1n) is 8.73. The Bertz CT molecular complexity index is 703. The molecule has 2 fully saturated rings. The van der Waals surface area contributed by atoms with E-state index in [0.29, 0.717) is 25.3 Å². The van der Waals surface area contributed by atoms with Crippen molar-refractivity contribution in [2.75, 3.05) is 26.3 Å². The number of furan rings is 1. The Labute approximate surface area is 146 Å². The highest BCUT2D eigenvalue weighted by Gasteiger charge is 2.47. The summed E-state index contributed by atoms with van der Waals surface area (Å²) in [5, 5.41) is 0. The third kappa shape index (κ3) is 3.26. The van der Waals surface area contributed by atoms with Gasteiger partial charge in [0.2, 0.25) is 0 Å². The number of hydrogen-bond acceptors (Lipinski definition) is 5. The molecule has 0 bridgehead atoms. The Kier molecular flexibility index (Phi) is 4.44. The van der Waals surface area contributed by atoms with Gasteiger partial charge in [-0.25, -0.2) is 0 Å². The highest BCUT2D eigenvalue weighted by atomic mass is 16.5. The average Bonchev–Trinajstić information content (AvgIpc) is 3.21. The molecule has 0 aliphatic carbocycles. The lowest BCUT2D eigenvalue weighted by molar-refractivity contribution is -0.133. The highest BCUT2D eigenvalue weighted by Crippen LogP contribution is 2.41. The third-order valence-corrected chi connectivity index (χ3v) is 5.20. The molecule has 2 aromatic heterocycles. The van der Waals surface area contributed by atoms with E-state index in [-0.39, 0.29) is 17.4 Å². The zero-order valence-electron chi connectivity index (χ0n) is 14.1. The first kappa shape index (κ1) is 16.1. The lowest BCUT2D eigenvalue weighted by Gasteiger charge is -2.50. The molecule has 0 spiro atoms. The van der Waals surface area contributed by atoms with Crippen LogP contribution >= 0.6 is 0 Å². The maximum Gasteiger partial charge on any atom is 0.257 e. The standard InChI is InChI=1S/C19H22N2O4/c22-18(15-5-10-23-12-15)21-8-4-17-19(13-21,6-2-9-24-17)14-25-16-3-1-7-20-11-16/h1,3,5,7,10-12,17H,2,4,6,8-9,13-14H2/t17-,19-/m0/s1. The van der Waals surface area contributed by atoms with E-state index < -0.39 is 0 Å². The van der Waals surface area contributed by atoms with Gasteiger partial charge in [0.1, 0.15) is 12.0 Å². The average molecular weight is 342 g/mol. The number of nitrogens with zero attached hydrogens (tertiary/aromatic N) is 2. The summed E-state index contributed by atoms with van der Waals surface area (Å²) in [7, 11) is 0. The molecule has 2 saturated heterocycles. The summed E-state index contributed by atoms with van der Waals surface area (Å²) >= 11 is 0. The molecule has 0 radical (unpaired) electrons. The third-order valence-electron chi connectivity index (χ3n) is 5.20. The summed E-state index contributed by atoms with van der Waals surface area (Å²) in [5.74, 6) is 0.762. The van der Waals surface area contributed by atoms with Crippen molar-refractivity contribution in [1.29, 1.82) is 0 Å². The zero-order chi connectivity index (χ0) is 17.1. The van der Waals surface area contributed by atoms with Crippen molar-refractivity contribution >= 4 is 5.91 Å². The molecule has 6 heteroatoms. The molecule has 4 heterocycles. The number of amides is 1. The fourth-order valence-corrected chi connectivity index (χ4v) is 3.90. The number of rotatable bonds is 4. The number of fused-ring (bicyclic) bond motifs is 1. The van der Waals surface area contributed by atoms with Gasteiger partial charge in [0, 0.05) is 31.3 Å². The Balaban J connectivity index is 1.51. The molecule has 0 saturated carbocycles. The topological polar surface area (TPSA) is 64.8 Å². The van der Waals surface area contributed by atoms with Gasteiger partial charge in [0.15, 0.2) is 0 Å². The number of likely N-dealkylation sites (tertiary alicyclic amines) is 1. The van der Waals surface area contributed by atoms with E-state index >= 15 is 0 Å². The molecular formula is C19H22N2O4. The van der Waals surface area contributed by atoms with Crippen LogP contribution in [0.25, 0.3) is 0 Å². The fraction of sp³-hybridized carbons (Fsp3) is 0.474. The number of aromatic nitrogens is 1. The lowest BCUT2D eigenvalue weighted by Crippen LogP contribution is -2.58. The summed E-state index contributed by atoms with van der Waals surface area (Å²) < 4.78 is 17.1. The molecule has 0 unspecified atom stereocenters. The highest BCUT2D eigenvalue weighted by molar-refractivity contribution is 5.93. The second-order valence-corrected chi connectivity index (χ2v) is 6.83. The molecular weight excluding hydrogens is 320 g/mol. The minimum atomic E-state index is -0.175. The Hall–Kier alpha value is -2.34. The summed E-state index contributed by atoms with van der Waals surface area (Å²) in [6, 6.07) is 5.47. The monoisotopic (exact) mass is 342 g/mol. The molecule has 132 valence electrons. The molecule has 25 heavy (non-hydrogen) atoms. The minimum absolute atomic E-state index is 0.0125. The molecule has 0 aromatic carbocycles. The fourth-order valence-electron chi connectivity index (χ4n) is 3.90. The number of piperidine rings is 1. The van der Waals surface area contributed by atoms with E-state index in [1.54, 1.807) is 18.5 Å². The van der Waals surface area contributed by atoms with Crippen LogP contribution in [0, 0.1) is 5.41 Å². The molecule has 2 aliphatic rings. The first-order valence-corrected chi connectivity index (χ1v) is 8.73. The largest absolute Gasteiger partial charge is 0.491 e. The van der Waals surface area contributed by atoms with Crippen molar-refractivity contribution < 1.29 is 18.7 Å². The van der Waals surface area contributed by atoms with Gasteiger partial charge in [0.25, 0.3) is 5.91 Å². The molecule has 2 aromatic rings. The number of ether oxygens (including phenoxy) is 2. The Morgan fingerprint density at radius 3 is 3.20 bits per heavy atom. The van der Waals surface area contributed by atoms with Crippen molar-refractivity contribution in [3.05, 3.63) is 48.7 Å². The smallest absolute Gasteiger partial charge is 0.257 e. The predicted octanol–water partition coefficient (Wildman–Crippen LogP) is 2.76.